The van der Waals surface area contributed by atoms with Crippen LogP contribution in [0.5, 0.6) is 0 Å². The van der Waals surface area contributed by atoms with Crippen LogP contribution in [0.4, 0.5) is 5.69 Å². The number of nitrogens with zero attached hydrogens (tertiary/aromatic N) is 1. The van der Waals surface area contributed by atoms with Crippen molar-refractivity contribution in [3.63, 3.8) is 0 Å². The molecule has 0 radical (unpaired) electrons. The summed E-state index contributed by atoms with van der Waals surface area (Å²) in [4.78, 5) is 13.7. The highest BCUT2D eigenvalue weighted by Crippen LogP contribution is 2.40. The van der Waals surface area contributed by atoms with E-state index in [2.05, 4.69) is 19.9 Å². The predicted octanol–water partition coefficient (Wildman–Crippen LogP) is 2.76. The molecule has 80 valence electrons. The molecular weight excluding hydrogens is 186 g/mol. The number of rotatable bonds is 1. The lowest BCUT2D eigenvalue weighted by molar-refractivity contribution is -0.117. The van der Waals surface area contributed by atoms with E-state index in [0.717, 1.165) is 18.5 Å². The summed E-state index contributed by atoms with van der Waals surface area (Å²) in [5.74, 6) is 0.143. The molecule has 15 heavy (non-hydrogen) atoms. The predicted molar refractivity (Wildman–Crippen MR) is 62.0 cm³/mol. The summed E-state index contributed by atoms with van der Waals surface area (Å²) >= 11 is 0. The van der Waals surface area contributed by atoms with Crippen LogP contribution >= 0.6 is 0 Å². The lowest BCUT2D eigenvalue weighted by Gasteiger charge is -2.34. The molecule has 0 N–H and O–H groups in total. The molecule has 0 aliphatic carbocycles. The van der Waals surface area contributed by atoms with E-state index >= 15 is 0 Å². The van der Waals surface area contributed by atoms with Crippen molar-refractivity contribution in [2.45, 2.75) is 39.2 Å². The summed E-state index contributed by atoms with van der Waals surface area (Å²) in [7, 11) is 0. The van der Waals surface area contributed by atoms with Gasteiger partial charge in [-0.15, -0.1) is 0 Å². The van der Waals surface area contributed by atoms with Gasteiger partial charge in [0.2, 0.25) is 5.91 Å². The van der Waals surface area contributed by atoms with Crippen LogP contribution in [0.25, 0.3) is 0 Å². The van der Waals surface area contributed by atoms with Gasteiger partial charge >= 0.3 is 0 Å². The Bertz CT molecular complexity index is 399. The van der Waals surface area contributed by atoms with Crippen molar-refractivity contribution in [3.8, 4) is 0 Å². The van der Waals surface area contributed by atoms with E-state index in [0.29, 0.717) is 0 Å². The number of carbonyl (C=O) groups excluding carboxylic acids is 1. The molecule has 1 amide bonds. The topological polar surface area (TPSA) is 20.3 Å². The Labute approximate surface area is 90.9 Å². The molecule has 1 atom stereocenters. The number of fused-ring (bicyclic) bond motifs is 1. The molecule has 0 saturated heterocycles. The largest absolute Gasteiger partial charge is 0.306 e. The van der Waals surface area contributed by atoms with Gasteiger partial charge in [0.05, 0.1) is 0 Å². The second-order valence-electron chi connectivity index (χ2n) is 4.51. The maximum atomic E-state index is 11.7. The quantitative estimate of drug-likeness (QED) is 0.687. The van der Waals surface area contributed by atoms with Crippen molar-refractivity contribution in [1.29, 1.82) is 0 Å². The van der Waals surface area contributed by atoms with E-state index in [-0.39, 0.29) is 11.4 Å². The molecule has 2 nitrogen and oxygen atoms in total. The number of para-hydroxylation sites is 1. The fourth-order valence-electron chi connectivity index (χ4n) is 2.49. The third-order valence-electron chi connectivity index (χ3n) is 3.42. The Morgan fingerprint density at radius 1 is 1.47 bits per heavy atom. The molecule has 0 fully saturated rings. The van der Waals surface area contributed by atoms with Gasteiger partial charge in [-0.05, 0) is 31.4 Å². The average molecular weight is 203 g/mol. The summed E-state index contributed by atoms with van der Waals surface area (Å²) in [5, 5.41) is 0. The second-order valence-corrected chi connectivity index (χ2v) is 4.51. The van der Waals surface area contributed by atoms with Crippen molar-refractivity contribution in [2.24, 2.45) is 0 Å². The lowest BCUT2D eigenvalue weighted by Crippen LogP contribution is -2.46. The average Bonchev–Trinajstić information content (AvgIpc) is 2.50. The molecule has 0 spiro atoms. The highest BCUT2D eigenvalue weighted by Gasteiger charge is 2.40. The summed E-state index contributed by atoms with van der Waals surface area (Å²) in [6, 6.07) is 8.19. The first-order valence-electron chi connectivity index (χ1n) is 5.47. The number of benzene rings is 1. The number of anilines is 1. The molecular formula is C13H17NO. The van der Waals surface area contributed by atoms with Gasteiger partial charge in [-0.2, -0.15) is 0 Å². The summed E-state index contributed by atoms with van der Waals surface area (Å²) in [6.45, 7) is 5.95. The zero-order valence-electron chi connectivity index (χ0n) is 9.58. The van der Waals surface area contributed by atoms with Crippen LogP contribution in [-0.4, -0.2) is 11.4 Å². The Balaban J connectivity index is 2.52. The van der Waals surface area contributed by atoms with Gasteiger partial charge in [0.15, 0.2) is 0 Å². The van der Waals surface area contributed by atoms with Crippen LogP contribution in [0.2, 0.25) is 0 Å². The van der Waals surface area contributed by atoms with E-state index < -0.39 is 0 Å². The fraction of sp³-hybridized carbons (Fsp3) is 0.462. The molecule has 1 aromatic rings. The number of amides is 1. The van der Waals surface area contributed by atoms with Crippen molar-refractivity contribution in [3.05, 3.63) is 29.8 Å². The van der Waals surface area contributed by atoms with E-state index in [1.807, 2.05) is 23.1 Å². The minimum atomic E-state index is -0.0322. The summed E-state index contributed by atoms with van der Waals surface area (Å²) in [5.41, 5.74) is 2.35. The highest BCUT2D eigenvalue weighted by molar-refractivity contribution is 5.95. The first-order valence-corrected chi connectivity index (χ1v) is 5.47. The minimum absolute atomic E-state index is 0.0322. The number of hydrogen-bond acceptors (Lipinski definition) is 1. The van der Waals surface area contributed by atoms with Crippen LogP contribution in [0.3, 0.4) is 0 Å². The van der Waals surface area contributed by atoms with Gasteiger partial charge in [-0.25, -0.2) is 0 Å². The van der Waals surface area contributed by atoms with Gasteiger partial charge in [0, 0.05) is 18.2 Å². The molecule has 0 bridgehead atoms. The van der Waals surface area contributed by atoms with Gasteiger partial charge < -0.3 is 4.90 Å². The first kappa shape index (κ1) is 10.2. The highest BCUT2D eigenvalue weighted by atomic mass is 16.2. The van der Waals surface area contributed by atoms with Crippen molar-refractivity contribution < 1.29 is 4.79 Å². The van der Waals surface area contributed by atoms with Gasteiger partial charge in [-0.1, -0.05) is 25.1 Å². The molecule has 1 unspecified atom stereocenters. The SMILES string of the molecule is CCC1(C)Cc2ccccc2N1C(C)=O. The molecule has 0 aromatic heterocycles. The van der Waals surface area contributed by atoms with Crippen LogP contribution in [0.15, 0.2) is 24.3 Å². The van der Waals surface area contributed by atoms with Gasteiger partial charge in [-0.3, -0.25) is 4.79 Å². The Kier molecular flexibility index (Phi) is 2.29. The van der Waals surface area contributed by atoms with Gasteiger partial charge in [0.1, 0.15) is 0 Å². The standard InChI is InChI=1S/C13H17NO/c1-4-13(3)9-11-7-5-6-8-12(11)14(13)10(2)15/h5-8H,4,9H2,1-3H3. The Morgan fingerprint density at radius 3 is 2.73 bits per heavy atom. The monoisotopic (exact) mass is 203 g/mol. The maximum Gasteiger partial charge on any atom is 0.224 e. The van der Waals surface area contributed by atoms with Crippen LogP contribution < -0.4 is 4.90 Å². The Morgan fingerprint density at radius 2 is 2.13 bits per heavy atom. The van der Waals surface area contributed by atoms with Crippen LogP contribution in [-0.2, 0) is 11.2 Å². The smallest absolute Gasteiger partial charge is 0.224 e. The van der Waals surface area contributed by atoms with E-state index in [4.69, 9.17) is 0 Å². The van der Waals surface area contributed by atoms with Crippen molar-refractivity contribution in [2.75, 3.05) is 4.90 Å². The van der Waals surface area contributed by atoms with Crippen molar-refractivity contribution in [1.82, 2.24) is 0 Å². The third kappa shape index (κ3) is 1.44. The molecule has 0 saturated carbocycles. The minimum Gasteiger partial charge on any atom is -0.306 e. The second kappa shape index (κ2) is 3.37. The molecule has 1 aromatic carbocycles. The first-order chi connectivity index (χ1) is 7.08. The van der Waals surface area contributed by atoms with Gasteiger partial charge in [0.25, 0.3) is 0 Å². The van der Waals surface area contributed by atoms with Crippen LogP contribution in [0, 0.1) is 0 Å². The molecule has 2 heteroatoms. The normalized spacial score (nSPS) is 24.1. The summed E-state index contributed by atoms with van der Waals surface area (Å²) in [6.07, 6.45) is 1.96. The summed E-state index contributed by atoms with van der Waals surface area (Å²) < 4.78 is 0. The van der Waals surface area contributed by atoms with E-state index in [1.165, 1.54) is 5.56 Å². The molecule has 2 rings (SSSR count). The zero-order valence-corrected chi connectivity index (χ0v) is 9.58. The maximum absolute atomic E-state index is 11.7. The van der Waals surface area contributed by atoms with E-state index in [9.17, 15) is 4.79 Å². The number of carbonyl (C=O) groups is 1. The molecule has 1 heterocycles. The Hall–Kier alpha value is -1.31. The number of hydrogen-bond donors (Lipinski definition) is 0. The zero-order chi connectivity index (χ0) is 11.1. The molecule has 1 aliphatic rings. The van der Waals surface area contributed by atoms with E-state index in [1.54, 1.807) is 6.92 Å². The third-order valence-corrected chi connectivity index (χ3v) is 3.42. The van der Waals surface area contributed by atoms with Crippen LogP contribution in [0.1, 0.15) is 32.8 Å². The van der Waals surface area contributed by atoms with Crippen molar-refractivity contribution >= 4 is 11.6 Å². The molecule has 1 aliphatic heterocycles. The fourth-order valence-corrected chi connectivity index (χ4v) is 2.49. The lowest BCUT2D eigenvalue weighted by atomic mass is 9.93.